The van der Waals surface area contributed by atoms with E-state index in [4.69, 9.17) is 9.47 Å². The number of carbonyl (C=O) groups is 2. The van der Waals surface area contributed by atoms with E-state index in [1.54, 1.807) is 42.5 Å². The van der Waals surface area contributed by atoms with Gasteiger partial charge in [-0.3, -0.25) is 9.59 Å². The number of benzene rings is 3. The first-order chi connectivity index (χ1) is 16.3. The average Bonchev–Trinajstić information content (AvgIpc) is 2.83. The van der Waals surface area contributed by atoms with Gasteiger partial charge < -0.3 is 20.1 Å². The summed E-state index contributed by atoms with van der Waals surface area (Å²) in [5, 5.41) is 5.76. The molecule has 0 aliphatic rings. The molecule has 0 aliphatic carbocycles. The lowest BCUT2D eigenvalue weighted by Crippen LogP contribution is -2.15. The van der Waals surface area contributed by atoms with Gasteiger partial charge in [0.15, 0.2) is 0 Å². The van der Waals surface area contributed by atoms with Gasteiger partial charge in [-0.15, -0.1) is 0 Å². The summed E-state index contributed by atoms with van der Waals surface area (Å²) in [5.74, 6) is 0.0409. The summed E-state index contributed by atoms with van der Waals surface area (Å²) in [6.07, 6.45) is 0. The zero-order chi connectivity index (χ0) is 24.6. The van der Waals surface area contributed by atoms with Crippen molar-refractivity contribution in [2.75, 3.05) is 30.5 Å². The summed E-state index contributed by atoms with van der Waals surface area (Å²) in [5.41, 5.74) is 3.49. The minimum absolute atomic E-state index is 0.0331. The zero-order valence-electron chi connectivity index (χ0n) is 20.2. The van der Waals surface area contributed by atoms with Crippen LogP contribution in [0.5, 0.6) is 5.75 Å². The molecule has 3 rings (SSSR count). The second kappa shape index (κ2) is 11.5. The molecule has 6 nitrogen and oxygen atoms in total. The van der Waals surface area contributed by atoms with E-state index >= 15 is 0 Å². The van der Waals surface area contributed by atoms with Gasteiger partial charge in [0.05, 0.1) is 12.2 Å². The largest absolute Gasteiger partial charge is 0.490 e. The highest BCUT2D eigenvalue weighted by Crippen LogP contribution is 2.23. The van der Waals surface area contributed by atoms with Gasteiger partial charge in [-0.25, -0.2) is 0 Å². The molecule has 0 aromatic heterocycles. The maximum absolute atomic E-state index is 12.8. The Hall–Kier alpha value is -3.64. The van der Waals surface area contributed by atoms with E-state index in [0.717, 1.165) is 0 Å². The van der Waals surface area contributed by atoms with Gasteiger partial charge in [0.1, 0.15) is 12.4 Å². The number of hydrogen-bond acceptors (Lipinski definition) is 4. The lowest BCUT2D eigenvalue weighted by Gasteiger charge is -2.19. The van der Waals surface area contributed by atoms with Crippen molar-refractivity contribution in [2.24, 2.45) is 0 Å². The highest BCUT2D eigenvalue weighted by molar-refractivity contribution is 6.07. The standard InChI is InChI=1S/C28H32N2O4/c1-5-33-18-19-34-25-9-7-6-8-24(25)27(32)30-23-16-14-22(15-17-23)29-26(31)20-10-12-21(13-11-20)28(2,3)4/h6-17H,5,18-19H2,1-4H3,(H,29,31)(H,30,32). The molecular formula is C28H32N2O4. The number of hydrogen-bond donors (Lipinski definition) is 2. The molecule has 6 heteroatoms. The highest BCUT2D eigenvalue weighted by atomic mass is 16.5. The van der Waals surface area contributed by atoms with Crippen molar-refractivity contribution >= 4 is 23.2 Å². The van der Waals surface area contributed by atoms with Crippen molar-refractivity contribution in [1.82, 2.24) is 0 Å². The second-order valence-electron chi connectivity index (χ2n) is 8.85. The summed E-state index contributed by atoms with van der Waals surface area (Å²) < 4.78 is 11.0. The number of anilines is 2. The molecule has 0 atom stereocenters. The Labute approximate surface area is 201 Å². The number of carbonyl (C=O) groups excluding carboxylic acids is 2. The first kappa shape index (κ1) is 25.0. The van der Waals surface area contributed by atoms with Crippen LogP contribution in [0.25, 0.3) is 0 Å². The van der Waals surface area contributed by atoms with E-state index in [9.17, 15) is 9.59 Å². The third-order valence-corrected chi connectivity index (χ3v) is 5.23. The second-order valence-corrected chi connectivity index (χ2v) is 8.85. The van der Waals surface area contributed by atoms with Crippen LogP contribution in [0.2, 0.25) is 0 Å². The van der Waals surface area contributed by atoms with Crippen LogP contribution >= 0.6 is 0 Å². The van der Waals surface area contributed by atoms with Crippen LogP contribution in [0.3, 0.4) is 0 Å². The van der Waals surface area contributed by atoms with E-state index in [-0.39, 0.29) is 17.2 Å². The van der Waals surface area contributed by atoms with Gasteiger partial charge >= 0.3 is 0 Å². The molecule has 2 amide bonds. The van der Waals surface area contributed by atoms with E-state index in [1.807, 2.05) is 37.3 Å². The smallest absolute Gasteiger partial charge is 0.259 e. The number of ether oxygens (including phenoxy) is 2. The van der Waals surface area contributed by atoms with E-state index in [0.29, 0.717) is 48.1 Å². The summed E-state index contributed by atoms with van der Waals surface area (Å²) in [6, 6.07) is 21.7. The summed E-state index contributed by atoms with van der Waals surface area (Å²) >= 11 is 0. The van der Waals surface area contributed by atoms with Crippen LogP contribution in [-0.4, -0.2) is 31.6 Å². The molecule has 0 radical (unpaired) electrons. The minimum Gasteiger partial charge on any atom is -0.490 e. The Morgan fingerprint density at radius 1 is 0.765 bits per heavy atom. The van der Waals surface area contributed by atoms with Gasteiger partial charge in [-0.2, -0.15) is 0 Å². The van der Waals surface area contributed by atoms with Crippen molar-refractivity contribution < 1.29 is 19.1 Å². The summed E-state index contributed by atoms with van der Waals surface area (Å²) in [6.45, 7) is 9.77. The minimum atomic E-state index is -0.275. The molecule has 3 aromatic rings. The zero-order valence-corrected chi connectivity index (χ0v) is 20.2. The van der Waals surface area contributed by atoms with E-state index < -0.39 is 0 Å². The fourth-order valence-corrected chi connectivity index (χ4v) is 3.30. The third kappa shape index (κ3) is 6.93. The van der Waals surface area contributed by atoms with Crippen molar-refractivity contribution in [3.8, 4) is 5.75 Å². The van der Waals surface area contributed by atoms with Crippen molar-refractivity contribution in [3.63, 3.8) is 0 Å². The van der Waals surface area contributed by atoms with Crippen LogP contribution in [0.15, 0.2) is 72.8 Å². The molecule has 0 saturated carbocycles. The number of nitrogens with one attached hydrogen (secondary N) is 2. The van der Waals surface area contributed by atoms with Crippen molar-refractivity contribution in [3.05, 3.63) is 89.5 Å². The molecule has 0 bridgehead atoms. The third-order valence-electron chi connectivity index (χ3n) is 5.23. The monoisotopic (exact) mass is 460 g/mol. The van der Waals surface area contributed by atoms with Gasteiger partial charge in [-0.05, 0) is 66.4 Å². The first-order valence-electron chi connectivity index (χ1n) is 11.4. The molecular weight excluding hydrogens is 428 g/mol. The molecule has 0 fully saturated rings. The predicted octanol–water partition coefficient (Wildman–Crippen LogP) is 5.90. The number of para-hydroxylation sites is 1. The number of amides is 2. The summed E-state index contributed by atoms with van der Waals surface area (Å²) in [4.78, 5) is 25.4. The molecule has 3 aromatic carbocycles. The maximum atomic E-state index is 12.8. The lowest BCUT2D eigenvalue weighted by atomic mass is 9.87. The Bertz CT molecular complexity index is 1100. The predicted molar refractivity (Wildman–Crippen MR) is 136 cm³/mol. The van der Waals surface area contributed by atoms with Crippen molar-refractivity contribution in [1.29, 1.82) is 0 Å². The quantitative estimate of drug-likeness (QED) is 0.390. The summed E-state index contributed by atoms with van der Waals surface area (Å²) in [7, 11) is 0. The van der Waals surface area contributed by atoms with Gasteiger partial charge in [0.2, 0.25) is 0 Å². The average molecular weight is 461 g/mol. The normalized spacial score (nSPS) is 11.1. The SMILES string of the molecule is CCOCCOc1ccccc1C(=O)Nc1ccc(NC(=O)c2ccc(C(C)(C)C)cc2)cc1. The Kier molecular flexibility index (Phi) is 8.44. The maximum Gasteiger partial charge on any atom is 0.259 e. The molecule has 0 unspecified atom stereocenters. The Balaban J connectivity index is 1.60. The fourth-order valence-electron chi connectivity index (χ4n) is 3.30. The van der Waals surface area contributed by atoms with Crippen LogP contribution in [-0.2, 0) is 10.2 Å². The van der Waals surface area contributed by atoms with Gasteiger partial charge in [-0.1, -0.05) is 45.0 Å². The van der Waals surface area contributed by atoms with Crippen LogP contribution < -0.4 is 15.4 Å². The topological polar surface area (TPSA) is 76.7 Å². The lowest BCUT2D eigenvalue weighted by molar-refractivity contribution is 0.0996. The van der Waals surface area contributed by atoms with Gasteiger partial charge in [0.25, 0.3) is 11.8 Å². The molecule has 0 heterocycles. The Morgan fingerprint density at radius 3 is 1.94 bits per heavy atom. The first-order valence-corrected chi connectivity index (χ1v) is 11.4. The molecule has 0 aliphatic heterocycles. The van der Waals surface area contributed by atoms with Crippen molar-refractivity contribution in [2.45, 2.75) is 33.1 Å². The van der Waals surface area contributed by atoms with E-state index in [2.05, 4.69) is 31.4 Å². The molecule has 2 N–H and O–H groups in total. The molecule has 178 valence electrons. The van der Waals surface area contributed by atoms with Crippen LogP contribution in [0.4, 0.5) is 11.4 Å². The highest BCUT2D eigenvalue weighted by Gasteiger charge is 2.15. The molecule has 0 spiro atoms. The van der Waals surface area contributed by atoms with Gasteiger partial charge in [0, 0.05) is 23.5 Å². The Morgan fingerprint density at radius 2 is 1.35 bits per heavy atom. The van der Waals surface area contributed by atoms with Crippen LogP contribution in [0.1, 0.15) is 54.0 Å². The van der Waals surface area contributed by atoms with E-state index in [1.165, 1.54) is 5.56 Å². The molecule has 34 heavy (non-hydrogen) atoms. The number of rotatable bonds is 9. The van der Waals surface area contributed by atoms with Crippen LogP contribution in [0, 0.1) is 0 Å². The fraction of sp³-hybridized carbons (Fsp3) is 0.286. The molecule has 0 saturated heterocycles.